The summed E-state index contributed by atoms with van der Waals surface area (Å²) < 4.78 is 1.31. The van der Waals surface area contributed by atoms with Gasteiger partial charge in [-0.05, 0) is 16.4 Å². The molecule has 0 aromatic heterocycles. The highest BCUT2D eigenvalue weighted by atomic mass is 29.3. The predicted molar refractivity (Wildman–Crippen MR) is 75.7 cm³/mol. The van der Waals surface area contributed by atoms with Crippen LogP contribution < -0.4 is 0 Å². The smallest absolute Gasteiger partial charge is 0.0991 e. The molecule has 2 bridgehead atoms. The summed E-state index contributed by atoms with van der Waals surface area (Å²) >= 11 is 0. The van der Waals surface area contributed by atoms with Crippen LogP contribution in [0.1, 0.15) is 18.1 Å². The van der Waals surface area contributed by atoms with E-state index in [2.05, 4.69) is 25.1 Å². The first-order valence-corrected chi connectivity index (χ1v) is 14.3. The van der Waals surface area contributed by atoms with E-state index in [9.17, 15) is 0 Å². The maximum Gasteiger partial charge on any atom is 0.0991 e. The molecule has 0 aliphatic carbocycles. The Morgan fingerprint density at radius 2 is 1.47 bits per heavy atom. The second-order valence-corrected chi connectivity index (χ2v) is 18.6. The summed E-state index contributed by atoms with van der Waals surface area (Å²) in [6.07, 6.45) is 0. The fraction of sp³-hybridized carbons (Fsp3) is 0.300. The summed E-state index contributed by atoms with van der Waals surface area (Å²) in [7, 11) is 7.00. The Morgan fingerprint density at radius 1 is 0.941 bits per heavy atom. The van der Waals surface area contributed by atoms with Gasteiger partial charge in [-0.15, -0.1) is 0 Å². The van der Waals surface area contributed by atoms with Gasteiger partial charge in [0.25, 0.3) is 0 Å². The quantitative estimate of drug-likeness (QED) is 0.657. The van der Waals surface area contributed by atoms with Crippen molar-refractivity contribution in [1.29, 1.82) is 5.26 Å². The van der Waals surface area contributed by atoms with Crippen LogP contribution in [-0.4, -0.2) is 54.2 Å². The lowest BCUT2D eigenvalue weighted by molar-refractivity contribution is 1.13. The van der Waals surface area contributed by atoms with Crippen molar-refractivity contribution in [2.24, 2.45) is 0 Å². The number of rotatable bonds is 1. The Bertz CT molecular complexity index is 454. The van der Waals surface area contributed by atoms with Crippen molar-refractivity contribution < 1.29 is 0 Å². The summed E-state index contributed by atoms with van der Waals surface area (Å²) in [4.78, 5) is 0. The summed E-state index contributed by atoms with van der Waals surface area (Å²) in [5.74, 6) is 0. The Labute approximate surface area is 116 Å². The first-order chi connectivity index (χ1) is 8.16. The van der Waals surface area contributed by atoms with E-state index in [-0.39, 0.29) is 0 Å². The number of hydrogen-bond donors (Lipinski definition) is 0. The second-order valence-electron chi connectivity index (χ2n) is 4.31. The molecule has 3 fully saturated rings. The molecule has 0 atom stereocenters. The third kappa shape index (κ3) is 2.07. The van der Waals surface area contributed by atoms with Gasteiger partial charge in [0.2, 0.25) is 0 Å². The molecule has 3 aliphatic heterocycles. The Morgan fingerprint density at radius 3 is 1.94 bits per heavy atom. The van der Waals surface area contributed by atoms with E-state index >= 15 is 0 Å². The molecule has 1 aromatic carbocycles. The number of hydrogen-bond acceptors (Lipinski definition) is 1. The van der Waals surface area contributed by atoms with Crippen LogP contribution >= 0.6 is 0 Å². The maximum absolute atomic E-state index is 8.86. The van der Waals surface area contributed by atoms with Crippen molar-refractivity contribution >= 4 is 54.2 Å². The highest BCUT2D eigenvalue weighted by Gasteiger charge is 2.48. The van der Waals surface area contributed by atoms with Crippen LogP contribution in [0.3, 0.4) is 0 Å². The molecule has 3 aliphatic rings. The molecule has 1 nitrogen and oxygen atoms in total. The van der Waals surface area contributed by atoms with Gasteiger partial charge in [0.05, 0.1) is 11.6 Å². The second kappa shape index (κ2) is 4.29. The average Bonchev–Trinajstić information content (AvgIpc) is 2.40. The third-order valence-electron chi connectivity index (χ3n) is 2.95. The lowest BCUT2D eigenvalue weighted by Gasteiger charge is -2.50. The van der Waals surface area contributed by atoms with Crippen LogP contribution in [0.4, 0.5) is 0 Å². The van der Waals surface area contributed by atoms with Crippen LogP contribution in [0.2, 0.25) is 4.28 Å². The monoisotopic (exact) mass is 309 g/mol. The summed E-state index contributed by atoms with van der Waals surface area (Å²) in [5, 5.41) is 8.86. The van der Waals surface area contributed by atoms with E-state index in [4.69, 9.17) is 5.26 Å². The van der Waals surface area contributed by atoms with Crippen molar-refractivity contribution in [2.45, 2.75) is 15.5 Å². The summed E-state index contributed by atoms with van der Waals surface area (Å²) in [6.45, 7) is 2.51. The molecule has 1 aromatic rings. The molecular weight excluding hydrogens is 303 g/mol. The lowest BCUT2D eigenvalue weighted by Crippen LogP contribution is -2.68. The Balaban J connectivity index is 1.91. The molecule has 76 valence electrons. The number of fused-ring (bicyclic) bond motifs is 3. The van der Waals surface area contributed by atoms with Crippen LogP contribution in [0.15, 0.2) is 24.3 Å². The zero-order chi connectivity index (χ0) is 11.9. The molecule has 3 saturated heterocycles. The summed E-state index contributed by atoms with van der Waals surface area (Å²) in [5.41, 5.74) is 2.32. The molecular formula is C10H7NSi6. The molecule has 0 saturated carbocycles. The average molecular weight is 310 g/mol. The molecule has 17 heavy (non-hydrogen) atoms. The lowest BCUT2D eigenvalue weighted by atomic mass is 10.2. The SMILES string of the molecule is CC12[Si][Si]C(c3ccc(C#N)cc3)([Si][Si]1)[Si][Si]2. The number of nitrogens with zero attached hydrogens (tertiary/aromatic N) is 1. The van der Waals surface area contributed by atoms with Gasteiger partial charge in [0.1, 0.15) is 0 Å². The summed E-state index contributed by atoms with van der Waals surface area (Å²) in [6, 6.07) is 10.7. The minimum atomic E-state index is 0.557. The number of benzene rings is 1. The van der Waals surface area contributed by atoms with E-state index in [0.717, 1.165) is 37.0 Å². The van der Waals surface area contributed by atoms with E-state index in [1.54, 1.807) is 0 Å². The molecule has 0 amide bonds. The standard InChI is InChI=1S/C10H7NSi6/c1-9-12-15-10(16-13-9,17-14-9)8-4-2-7(6-11)3-5-8/h2-5H,1H3. The van der Waals surface area contributed by atoms with Crippen LogP contribution in [0, 0.1) is 11.3 Å². The Hall–Kier alpha value is 0.0113. The van der Waals surface area contributed by atoms with Crippen LogP contribution in [0.25, 0.3) is 0 Å². The highest BCUT2D eigenvalue weighted by molar-refractivity contribution is 7.42. The van der Waals surface area contributed by atoms with E-state index in [1.807, 2.05) is 12.1 Å². The maximum atomic E-state index is 8.86. The highest BCUT2D eigenvalue weighted by Crippen LogP contribution is 2.37. The molecule has 0 unspecified atom stereocenters. The van der Waals surface area contributed by atoms with Gasteiger partial charge in [0, 0.05) is 54.2 Å². The molecule has 0 spiro atoms. The minimum absolute atomic E-state index is 0.557. The zero-order valence-corrected chi connectivity index (χ0v) is 15.3. The van der Waals surface area contributed by atoms with E-state index in [1.165, 1.54) is 32.7 Å². The Kier molecular flexibility index (Phi) is 3.04. The van der Waals surface area contributed by atoms with Crippen molar-refractivity contribution in [1.82, 2.24) is 0 Å². The molecule has 3 heterocycles. The van der Waals surface area contributed by atoms with Crippen molar-refractivity contribution in [2.75, 3.05) is 0 Å². The van der Waals surface area contributed by atoms with Gasteiger partial charge in [-0.3, -0.25) is 0 Å². The van der Waals surface area contributed by atoms with Gasteiger partial charge in [-0.1, -0.05) is 28.9 Å². The van der Waals surface area contributed by atoms with Gasteiger partial charge in [0.15, 0.2) is 0 Å². The zero-order valence-electron chi connectivity index (χ0n) is 9.26. The third-order valence-corrected chi connectivity index (χ3v) is 29.3. The van der Waals surface area contributed by atoms with Crippen LogP contribution in [0.5, 0.6) is 0 Å². The first-order valence-electron chi connectivity index (χ1n) is 5.29. The van der Waals surface area contributed by atoms with Gasteiger partial charge in [-0.25, -0.2) is 0 Å². The van der Waals surface area contributed by atoms with Crippen molar-refractivity contribution in [3.05, 3.63) is 35.4 Å². The van der Waals surface area contributed by atoms with Crippen molar-refractivity contribution in [3.63, 3.8) is 0 Å². The molecule has 7 heteroatoms. The van der Waals surface area contributed by atoms with Gasteiger partial charge in [-0.2, -0.15) is 5.26 Å². The minimum Gasteiger partial charge on any atom is -0.192 e. The van der Waals surface area contributed by atoms with Crippen molar-refractivity contribution in [3.8, 4) is 6.07 Å². The largest absolute Gasteiger partial charge is 0.192 e. The normalized spacial score (nSPS) is 35.5. The fourth-order valence-electron chi connectivity index (χ4n) is 1.86. The van der Waals surface area contributed by atoms with Gasteiger partial charge >= 0.3 is 0 Å². The first kappa shape index (κ1) is 12.1. The molecule has 12 radical (unpaired) electrons. The van der Waals surface area contributed by atoms with E-state index in [0.29, 0.717) is 4.28 Å². The van der Waals surface area contributed by atoms with Crippen LogP contribution in [-0.2, 0) is 4.28 Å². The topological polar surface area (TPSA) is 23.8 Å². The van der Waals surface area contributed by atoms with E-state index < -0.39 is 0 Å². The molecule has 4 rings (SSSR count). The number of nitriles is 1. The predicted octanol–water partition coefficient (Wildman–Crippen LogP) is -0.240. The molecule has 0 N–H and O–H groups in total. The van der Waals surface area contributed by atoms with Gasteiger partial charge < -0.3 is 0 Å². The fourth-order valence-corrected chi connectivity index (χ4v) is 31.1.